The summed E-state index contributed by atoms with van der Waals surface area (Å²) >= 11 is 2.05. The first-order valence-corrected chi connectivity index (χ1v) is 8.35. The molecule has 1 fully saturated rings. The average Bonchev–Trinajstić information content (AvgIpc) is 2.29. The summed E-state index contributed by atoms with van der Waals surface area (Å²) in [4.78, 5) is 0. The van der Waals surface area contributed by atoms with Gasteiger partial charge in [-0.05, 0) is 44.1 Å². The van der Waals surface area contributed by atoms with Gasteiger partial charge in [0.05, 0.1) is 0 Å². The van der Waals surface area contributed by atoms with Gasteiger partial charge in [-0.15, -0.1) is 0 Å². The molecule has 1 aliphatic rings. The zero-order valence-electron chi connectivity index (χ0n) is 12.7. The molecule has 106 valence electrons. The van der Waals surface area contributed by atoms with Gasteiger partial charge in [-0.1, -0.05) is 43.2 Å². The van der Waals surface area contributed by atoms with Crippen molar-refractivity contribution in [3.05, 3.63) is 34.9 Å². The minimum atomic E-state index is 0.379. The maximum absolute atomic E-state index is 6.30. The second-order valence-electron chi connectivity index (χ2n) is 6.92. The smallest absolute Gasteiger partial charge is 0.0207 e. The second-order valence-corrected chi connectivity index (χ2v) is 8.14. The molecular weight excluding hydrogens is 250 g/mol. The van der Waals surface area contributed by atoms with Crippen molar-refractivity contribution in [2.75, 3.05) is 0 Å². The summed E-state index contributed by atoms with van der Waals surface area (Å²) in [7, 11) is 0. The van der Waals surface area contributed by atoms with Crippen LogP contribution in [0.5, 0.6) is 0 Å². The van der Waals surface area contributed by atoms with E-state index in [9.17, 15) is 0 Å². The highest BCUT2D eigenvalue weighted by atomic mass is 32.2. The molecule has 1 nitrogen and oxygen atoms in total. The minimum absolute atomic E-state index is 0.379. The zero-order valence-corrected chi connectivity index (χ0v) is 13.5. The Hall–Kier alpha value is -0.470. The zero-order chi connectivity index (χ0) is 14.0. The SMILES string of the molecule is Cc1cc(C)cc(CSC2CC(C)(C)CCC2N)c1. The van der Waals surface area contributed by atoms with Crippen molar-refractivity contribution >= 4 is 11.8 Å². The van der Waals surface area contributed by atoms with E-state index in [-0.39, 0.29) is 0 Å². The molecule has 0 radical (unpaired) electrons. The Morgan fingerprint density at radius 2 is 1.84 bits per heavy atom. The number of hydrogen-bond donors (Lipinski definition) is 1. The Bertz CT molecular complexity index is 419. The monoisotopic (exact) mass is 277 g/mol. The van der Waals surface area contributed by atoms with Gasteiger partial charge in [-0.2, -0.15) is 11.8 Å². The van der Waals surface area contributed by atoms with Gasteiger partial charge < -0.3 is 5.73 Å². The lowest BCUT2D eigenvalue weighted by Gasteiger charge is -2.39. The first-order valence-electron chi connectivity index (χ1n) is 7.30. The minimum Gasteiger partial charge on any atom is -0.327 e. The second kappa shape index (κ2) is 5.88. The number of rotatable bonds is 3. The summed E-state index contributed by atoms with van der Waals surface area (Å²) in [5.41, 5.74) is 10.9. The van der Waals surface area contributed by atoms with Gasteiger partial charge in [0.25, 0.3) is 0 Å². The summed E-state index contributed by atoms with van der Waals surface area (Å²) < 4.78 is 0. The van der Waals surface area contributed by atoms with Crippen LogP contribution in [-0.4, -0.2) is 11.3 Å². The molecule has 1 aromatic rings. The van der Waals surface area contributed by atoms with E-state index < -0.39 is 0 Å². The summed E-state index contributed by atoms with van der Waals surface area (Å²) in [6.45, 7) is 9.11. The molecule has 2 rings (SSSR count). The maximum Gasteiger partial charge on any atom is 0.0207 e. The van der Waals surface area contributed by atoms with Gasteiger partial charge in [-0.3, -0.25) is 0 Å². The normalized spacial score (nSPS) is 26.4. The number of benzene rings is 1. The molecule has 19 heavy (non-hydrogen) atoms. The van der Waals surface area contributed by atoms with Gasteiger partial charge in [-0.25, -0.2) is 0 Å². The van der Waals surface area contributed by atoms with Crippen molar-refractivity contribution in [2.24, 2.45) is 11.1 Å². The lowest BCUT2D eigenvalue weighted by molar-refractivity contribution is 0.232. The first-order chi connectivity index (χ1) is 8.85. The van der Waals surface area contributed by atoms with Crippen LogP contribution in [0.3, 0.4) is 0 Å². The maximum atomic E-state index is 6.30. The predicted octanol–water partition coefficient (Wildman–Crippen LogP) is 4.44. The van der Waals surface area contributed by atoms with Crippen LogP contribution < -0.4 is 5.73 Å². The Labute approximate surface area is 122 Å². The van der Waals surface area contributed by atoms with Crippen molar-refractivity contribution in [3.8, 4) is 0 Å². The fraction of sp³-hybridized carbons (Fsp3) is 0.647. The van der Waals surface area contributed by atoms with E-state index >= 15 is 0 Å². The van der Waals surface area contributed by atoms with Crippen LogP contribution in [0.2, 0.25) is 0 Å². The van der Waals surface area contributed by atoms with Crippen LogP contribution in [0.1, 0.15) is 49.8 Å². The van der Waals surface area contributed by atoms with Crippen LogP contribution in [0.4, 0.5) is 0 Å². The van der Waals surface area contributed by atoms with Gasteiger partial charge in [0, 0.05) is 17.0 Å². The highest BCUT2D eigenvalue weighted by Gasteiger charge is 2.33. The number of aryl methyl sites for hydroxylation is 2. The Morgan fingerprint density at radius 3 is 2.47 bits per heavy atom. The first kappa shape index (κ1) is 14.9. The Kier molecular flexibility index (Phi) is 4.62. The molecule has 0 aliphatic heterocycles. The number of hydrogen-bond acceptors (Lipinski definition) is 2. The molecule has 1 aromatic carbocycles. The van der Waals surface area contributed by atoms with Crippen LogP contribution in [0, 0.1) is 19.3 Å². The molecule has 2 heteroatoms. The molecule has 0 spiro atoms. The van der Waals surface area contributed by atoms with E-state index in [0.29, 0.717) is 16.7 Å². The van der Waals surface area contributed by atoms with E-state index in [2.05, 4.69) is 57.7 Å². The molecular formula is C17H27NS. The van der Waals surface area contributed by atoms with Crippen molar-refractivity contribution in [1.29, 1.82) is 0 Å². The topological polar surface area (TPSA) is 26.0 Å². The van der Waals surface area contributed by atoms with Gasteiger partial charge >= 0.3 is 0 Å². The third kappa shape index (κ3) is 4.25. The predicted molar refractivity (Wildman–Crippen MR) is 86.6 cm³/mol. The van der Waals surface area contributed by atoms with Gasteiger partial charge in [0.15, 0.2) is 0 Å². The molecule has 0 amide bonds. The lowest BCUT2D eigenvalue weighted by Crippen LogP contribution is -2.41. The summed E-state index contributed by atoms with van der Waals surface area (Å²) in [6, 6.07) is 7.23. The third-order valence-corrected chi connectivity index (χ3v) is 5.58. The molecule has 0 saturated heterocycles. The van der Waals surface area contributed by atoms with E-state index in [4.69, 9.17) is 5.73 Å². The summed E-state index contributed by atoms with van der Waals surface area (Å²) in [5.74, 6) is 1.09. The van der Waals surface area contributed by atoms with E-state index in [1.807, 2.05) is 0 Å². The lowest BCUT2D eigenvalue weighted by atomic mass is 9.75. The van der Waals surface area contributed by atoms with Crippen molar-refractivity contribution in [1.82, 2.24) is 0 Å². The molecule has 2 atom stereocenters. The van der Waals surface area contributed by atoms with Crippen molar-refractivity contribution in [3.63, 3.8) is 0 Å². The Balaban J connectivity index is 1.97. The number of thioether (sulfide) groups is 1. The number of nitrogens with two attached hydrogens (primary N) is 1. The summed E-state index contributed by atoms with van der Waals surface area (Å²) in [6.07, 6.45) is 3.70. The van der Waals surface area contributed by atoms with Crippen molar-refractivity contribution in [2.45, 2.75) is 64.0 Å². The van der Waals surface area contributed by atoms with Crippen LogP contribution in [-0.2, 0) is 5.75 Å². The molecule has 1 aliphatic carbocycles. The quantitative estimate of drug-likeness (QED) is 0.883. The van der Waals surface area contributed by atoms with Gasteiger partial charge in [0.2, 0.25) is 0 Å². The molecule has 2 unspecified atom stereocenters. The van der Waals surface area contributed by atoms with E-state index in [1.165, 1.54) is 36.0 Å². The van der Waals surface area contributed by atoms with Gasteiger partial charge in [0.1, 0.15) is 0 Å². The van der Waals surface area contributed by atoms with E-state index in [0.717, 1.165) is 5.75 Å². The van der Waals surface area contributed by atoms with E-state index in [1.54, 1.807) is 0 Å². The fourth-order valence-electron chi connectivity index (χ4n) is 3.08. The Morgan fingerprint density at radius 1 is 1.21 bits per heavy atom. The average molecular weight is 277 g/mol. The highest BCUT2D eigenvalue weighted by Crippen LogP contribution is 2.40. The standard InChI is InChI=1S/C17H27NS/c1-12-7-13(2)9-14(8-12)11-19-16-10-17(3,4)6-5-15(16)18/h7-9,15-16H,5-6,10-11,18H2,1-4H3. The third-order valence-electron chi connectivity index (χ3n) is 4.13. The van der Waals surface area contributed by atoms with Crippen molar-refractivity contribution < 1.29 is 0 Å². The fourth-order valence-corrected chi connectivity index (χ4v) is 4.60. The molecule has 0 bridgehead atoms. The summed E-state index contributed by atoms with van der Waals surface area (Å²) in [5, 5.41) is 0.615. The van der Waals surface area contributed by atoms with Crippen LogP contribution in [0.15, 0.2) is 18.2 Å². The largest absolute Gasteiger partial charge is 0.327 e. The highest BCUT2D eigenvalue weighted by molar-refractivity contribution is 7.99. The molecule has 0 heterocycles. The molecule has 0 aromatic heterocycles. The van der Waals surface area contributed by atoms with Crippen LogP contribution in [0.25, 0.3) is 0 Å². The molecule has 1 saturated carbocycles. The molecule has 2 N–H and O–H groups in total. The van der Waals surface area contributed by atoms with Crippen LogP contribution >= 0.6 is 11.8 Å².